The third kappa shape index (κ3) is 4.16. The number of benzene rings is 1. The Morgan fingerprint density at radius 3 is 2.55 bits per heavy atom. The number of amides is 1. The molecule has 110 valence electrons. The van der Waals surface area contributed by atoms with Crippen molar-refractivity contribution in [3.05, 3.63) is 29.3 Å². The van der Waals surface area contributed by atoms with Crippen molar-refractivity contribution in [2.75, 3.05) is 13.7 Å². The fraction of sp³-hybridized carbons (Fsp3) is 0.500. The molecular formula is C14H18F2N2O2. The minimum Gasteiger partial charge on any atom is -0.487 e. The average molecular weight is 284 g/mol. The Balaban J connectivity index is 1.92. The molecule has 0 atom stereocenters. The van der Waals surface area contributed by atoms with Gasteiger partial charge in [-0.2, -0.15) is 0 Å². The molecule has 0 spiro atoms. The standard InChI is InChI=1S/C14H18F2N2O2/c1-17-13(19)4-5-20-14-11(15)6-9(7-12(14)16)8-18-10-2-3-10/h6-7,10,18H,2-5,8H2,1H3,(H,17,19). The fourth-order valence-electron chi connectivity index (χ4n) is 1.77. The molecule has 0 aliphatic heterocycles. The predicted octanol–water partition coefficient (Wildman–Crippen LogP) is 1.73. The summed E-state index contributed by atoms with van der Waals surface area (Å²) in [7, 11) is 1.49. The highest BCUT2D eigenvalue weighted by Gasteiger charge is 2.20. The lowest BCUT2D eigenvalue weighted by molar-refractivity contribution is -0.121. The summed E-state index contributed by atoms with van der Waals surface area (Å²) in [4.78, 5) is 11.0. The molecule has 0 heterocycles. The van der Waals surface area contributed by atoms with Crippen LogP contribution < -0.4 is 15.4 Å². The summed E-state index contributed by atoms with van der Waals surface area (Å²) in [6.45, 7) is 0.379. The van der Waals surface area contributed by atoms with Crippen molar-refractivity contribution in [3.8, 4) is 5.75 Å². The molecule has 1 amide bonds. The molecule has 1 aliphatic carbocycles. The Bertz CT molecular complexity index is 467. The van der Waals surface area contributed by atoms with Crippen molar-refractivity contribution in [1.29, 1.82) is 0 Å². The van der Waals surface area contributed by atoms with E-state index in [0.29, 0.717) is 18.2 Å². The second-order valence-corrected chi connectivity index (χ2v) is 4.82. The van der Waals surface area contributed by atoms with Crippen LogP contribution in [0.15, 0.2) is 12.1 Å². The normalized spacial score (nSPS) is 14.2. The molecule has 1 aromatic carbocycles. The minimum atomic E-state index is -0.741. The van der Waals surface area contributed by atoms with Crippen molar-refractivity contribution < 1.29 is 18.3 Å². The summed E-state index contributed by atoms with van der Waals surface area (Å²) < 4.78 is 32.5. The number of hydrogen-bond donors (Lipinski definition) is 2. The monoisotopic (exact) mass is 284 g/mol. The molecule has 1 saturated carbocycles. The quantitative estimate of drug-likeness (QED) is 0.802. The number of carbonyl (C=O) groups is 1. The van der Waals surface area contributed by atoms with Gasteiger partial charge in [-0.25, -0.2) is 8.78 Å². The maximum atomic E-state index is 13.8. The van der Waals surface area contributed by atoms with Crippen LogP contribution >= 0.6 is 0 Å². The summed E-state index contributed by atoms with van der Waals surface area (Å²) in [5.74, 6) is -2.15. The smallest absolute Gasteiger partial charge is 0.223 e. The molecule has 6 heteroatoms. The molecule has 20 heavy (non-hydrogen) atoms. The van der Waals surface area contributed by atoms with Crippen LogP contribution in [-0.4, -0.2) is 25.6 Å². The Kier molecular flexibility index (Phi) is 4.89. The highest BCUT2D eigenvalue weighted by molar-refractivity contribution is 5.75. The first-order chi connectivity index (χ1) is 9.60. The lowest BCUT2D eigenvalue weighted by Crippen LogP contribution is -2.20. The molecule has 4 nitrogen and oxygen atoms in total. The van der Waals surface area contributed by atoms with Crippen molar-refractivity contribution in [3.63, 3.8) is 0 Å². The summed E-state index contributed by atoms with van der Waals surface area (Å²) >= 11 is 0. The molecule has 0 unspecified atom stereocenters. The molecule has 0 radical (unpaired) electrons. The van der Waals surface area contributed by atoms with E-state index in [-0.39, 0.29) is 18.9 Å². The van der Waals surface area contributed by atoms with Gasteiger partial charge in [0, 0.05) is 19.6 Å². The van der Waals surface area contributed by atoms with Gasteiger partial charge >= 0.3 is 0 Å². The maximum Gasteiger partial charge on any atom is 0.223 e. The van der Waals surface area contributed by atoms with Gasteiger partial charge in [0.1, 0.15) is 0 Å². The van der Waals surface area contributed by atoms with E-state index in [1.54, 1.807) is 0 Å². The van der Waals surface area contributed by atoms with Gasteiger partial charge in [-0.15, -0.1) is 0 Å². The van der Waals surface area contributed by atoms with Gasteiger partial charge < -0.3 is 15.4 Å². The van der Waals surface area contributed by atoms with E-state index in [4.69, 9.17) is 4.74 Å². The summed E-state index contributed by atoms with van der Waals surface area (Å²) in [5, 5.41) is 5.59. The molecule has 0 aromatic heterocycles. The third-order valence-electron chi connectivity index (χ3n) is 3.08. The van der Waals surface area contributed by atoms with Gasteiger partial charge in [-0.3, -0.25) is 4.79 Å². The van der Waals surface area contributed by atoms with Gasteiger partial charge in [-0.1, -0.05) is 0 Å². The van der Waals surface area contributed by atoms with E-state index in [1.807, 2.05) is 0 Å². The lowest BCUT2D eigenvalue weighted by atomic mass is 10.2. The van der Waals surface area contributed by atoms with Gasteiger partial charge in [0.15, 0.2) is 17.4 Å². The van der Waals surface area contributed by atoms with Crippen LogP contribution in [0.5, 0.6) is 5.75 Å². The summed E-state index contributed by atoms with van der Waals surface area (Å²) in [5.41, 5.74) is 0.547. The fourth-order valence-corrected chi connectivity index (χ4v) is 1.77. The highest BCUT2D eigenvalue weighted by Crippen LogP contribution is 2.24. The van der Waals surface area contributed by atoms with Crippen LogP contribution in [0.2, 0.25) is 0 Å². The summed E-state index contributed by atoms with van der Waals surface area (Å²) in [6.07, 6.45) is 2.29. The van der Waals surface area contributed by atoms with E-state index >= 15 is 0 Å². The van der Waals surface area contributed by atoms with Crippen LogP contribution in [0.1, 0.15) is 24.8 Å². The average Bonchev–Trinajstić information content (AvgIpc) is 3.23. The zero-order valence-electron chi connectivity index (χ0n) is 11.3. The number of ether oxygens (including phenoxy) is 1. The zero-order chi connectivity index (χ0) is 14.5. The zero-order valence-corrected chi connectivity index (χ0v) is 11.3. The SMILES string of the molecule is CNC(=O)CCOc1c(F)cc(CNC2CC2)cc1F. The van der Waals surface area contributed by atoms with E-state index < -0.39 is 17.4 Å². The molecule has 0 bridgehead atoms. The molecule has 1 aliphatic rings. The van der Waals surface area contributed by atoms with Crippen LogP contribution in [-0.2, 0) is 11.3 Å². The number of nitrogens with one attached hydrogen (secondary N) is 2. The van der Waals surface area contributed by atoms with Gasteiger partial charge in [0.2, 0.25) is 5.91 Å². The topological polar surface area (TPSA) is 50.4 Å². The number of rotatable bonds is 7. The van der Waals surface area contributed by atoms with Gasteiger partial charge in [0.25, 0.3) is 0 Å². The second-order valence-electron chi connectivity index (χ2n) is 4.82. The Morgan fingerprint density at radius 1 is 1.35 bits per heavy atom. The Morgan fingerprint density at radius 2 is 2.00 bits per heavy atom. The first-order valence-electron chi connectivity index (χ1n) is 6.65. The lowest BCUT2D eigenvalue weighted by Gasteiger charge is -2.10. The molecule has 2 N–H and O–H groups in total. The van der Waals surface area contributed by atoms with E-state index in [0.717, 1.165) is 12.8 Å². The van der Waals surface area contributed by atoms with Crippen LogP contribution in [0.3, 0.4) is 0 Å². The van der Waals surface area contributed by atoms with Crippen LogP contribution in [0.25, 0.3) is 0 Å². The van der Waals surface area contributed by atoms with E-state index in [9.17, 15) is 13.6 Å². The maximum absolute atomic E-state index is 13.8. The van der Waals surface area contributed by atoms with Crippen molar-refractivity contribution in [2.24, 2.45) is 0 Å². The second kappa shape index (κ2) is 6.65. The van der Waals surface area contributed by atoms with Crippen molar-refractivity contribution in [1.82, 2.24) is 10.6 Å². The van der Waals surface area contributed by atoms with Crippen LogP contribution in [0.4, 0.5) is 8.78 Å². The first kappa shape index (κ1) is 14.7. The largest absolute Gasteiger partial charge is 0.487 e. The predicted molar refractivity (Wildman–Crippen MR) is 70.4 cm³/mol. The Labute approximate surface area is 116 Å². The number of carbonyl (C=O) groups excluding carboxylic acids is 1. The van der Waals surface area contributed by atoms with Crippen molar-refractivity contribution >= 4 is 5.91 Å². The molecular weight excluding hydrogens is 266 g/mol. The molecule has 0 saturated heterocycles. The number of halogens is 2. The first-order valence-corrected chi connectivity index (χ1v) is 6.65. The summed E-state index contributed by atoms with van der Waals surface area (Å²) in [6, 6.07) is 2.99. The molecule has 2 rings (SSSR count). The third-order valence-corrected chi connectivity index (χ3v) is 3.08. The number of hydrogen-bond acceptors (Lipinski definition) is 3. The Hall–Kier alpha value is -1.69. The van der Waals surface area contributed by atoms with Gasteiger partial charge in [0.05, 0.1) is 13.0 Å². The van der Waals surface area contributed by atoms with E-state index in [2.05, 4.69) is 10.6 Å². The van der Waals surface area contributed by atoms with Gasteiger partial charge in [-0.05, 0) is 30.5 Å². The van der Waals surface area contributed by atoms with E-state index in [1.165, 1.54) is 19.2 Å². The molecule has 1 fully saturated rings. The molecule has 1 aromatic rings. The minimum absolute atomic E-state index is 0.0559. The van der Waals surface area contributed by atoms with Crippen molar-refractivity contribution in [2.45, 2.75) is 31.8 Å². The van der Waals surface area contributed by atoms with Crippen LogP contribution in [0, 0.1) is 11.6 Å². The highest BCUT2D eigenvalue weighted by atomic mass is 19.1.